The van der Waals surface area contributed by atoms with Gasteiger partial charge in [0, 0.05) is 6.20 Å². The van der Waals surface area contributed by atoms with Crippen molar-refractivity contribution in [2.24, 2.45) is 0 Å². The van der Waals surface area contributed by atoms with Crippen molar-refractivity contribution in [2.45, 2.75) is 0 Å². The van der Waals surface area contributed by atoms with Crippen molar-refractivity contribution in [2.75, 3.05) is 6.61 Å². The number of nitriles is 1. The fraction of sp³-hybridized carbons (Fsp3) is 0.125. The van der Waals surface area contributed by atoms with E-state index < -0.39 is 29.1 Å². The van der Waals surface area contributed by atoms with Gasteiger partial charge in [0.1, 0.15) is 11.6 Å². The third kappa shape index (κ3) is 2.42. The zero-order valence-electron chi connectivity index (χ0n) is 7.78. The van der Waals surface area contributed by atoms with Crippen molar-refractivity contribution >= 4 is 11.7 Å². The molecule has 1 aromatic heterocycles. The molecule has 1 aromatic rings. The second-order valence-electron chi connectivity index (χ2n) is 2.56. The van der Waals surface area contributed by atoms with Crippen LogP contribution in [0.3, 0.4) is 0 Å². The van der Waals surface area contributed by atoms with Crippen molar-refractivity contribution in [1.29, 1.82) is 5.26 Å². The number of rotatable bonds is 4. The monoisotopic (exact) mass is 223 g/mol. The molecule has 0 radical (unpaired) electrons. The summed E-state index contributed by atoms with van der Waals surface area (Å²) in [5.41, 5.74) is -0.869. The number of hydrogen-bond acceptors (Lipinski definition) is 6. The molecule has 82 valence electrons. The fourth-order valence-corrected chi connectivity index (χ4v) is 0.937. The highest BCUT2D eigenvalue weighted by Crippen LogP contribution is 2.27. The Balaban J connectivity index is 3.13. The Morgan fingerprint density at radius 2 is 2.44 bits per heavy atom. The van der Waals surface area contributed by atoms with Crippen molar-refractivity contribution < 1.29 is 19.6 Å². The average molecular weight is 223 g/mol. The van der Waals surface area contributed by atoms with E-state index in [1.807, 2.05) is 0 Å². The van der Waals surface area contributed by atoms with Gasteiger partial charge in [0.2, 0.25) is 0 Å². The molecule has 0 aliphatic heterocycles. The maximum atomic E-state index is 10.6. The highest BCUT2D eigenvalue weighted by molar-refractivity contribution is 5.68. The van der Waals surface area contributed by atoms with E-state index in [0.29, 0.717) is 0 Å². The van der Waals surface area contributed by atoms with E-state index in [2.05, 4.69) is 9.72 Å². The molecule has 0 saturated carbocycles. The molecule has 1 heterocycles. The largest absolute Gasteiger partial charge is 0.479 e. The number of nitrogens with zero attached hydrogens (tertiary/aromatic N) is 3. The molecular formula is C8H5N3O5. The van der Waals surface area contributed by atoms with Gasteiger partial charge in [0.05, 0.1) is 4.92 Å². The molecule has 1 N–H and O–H groups in total. The van der Waals surface area contributed by atoms with Crippen molar-refractivity contribution in [3.05, 3.63) is 27.9 Å². The quantitative estimate of drug-likeness (QED) is 0.575. The number of aliphatic carboxylic acids is 1. The van der Waals surface area contributed by atoms with Crippen LogP contribution in [0.4, 0.5) is 5.69 Å². The van der Waals surface area contributed by atoms with Crippen LogP contribution >= 0.6 is 0 Å². The summed E-state index contributed by atoms with van der Waals surface area (Å²) in [6.07, 6.45) is 1.13. The first-order valence-electron chi connectivity index (χ1n) is 3.94. The van der Waals surface area contributed by atoms with E-state index >= 15 is 0 Å². The molecule has 0 atom stereocenters. The molecule has 1 rings (SSSR count). The van der Waals surface area contributed by atoms with E-state index in [-0.39, 0.29) is 5.56 Å². The molecule has 0 aliphatic rings. The second-order valence-corrected chi connectivity index (χ2v) is 2.56. The fourth-order valence-electron chi connectivity index (χ4n) is 0.937. The Labute approximate surface area is 88.9 Å². The molecule has 0 aromatic carbocycles. The summed E-state index contributed by atoms with van der Waals surface area (Å²) >= 11 is 0. The van der Waals surface area contributed by atoms with Crippen LogP contribution in [0.1, 0.15) is 5.56 Å². The number of carboxylic acid groups (broad SMARTS) is 1. The minimum absolute atomic E-state index is 0.236. The molecule has 0 unspecified atom stereocenters. The van der Waals surface area contributed by atoms with Gasteiger partial charge in [0.15, 0.2) is 6.61 Å². The normalized spacial score (nSPS) is 9.19. The van der Waals surface area contributed by atoms with Gasteiger partial charge in [-0.1, -0.05) is 0 Å². The molecule has 0 amide bonds. The minimum atomic E-state index is -1.29. The van der Waals surface area contributed by atoms with Gasteiger partial charge >= 0.3 is 11.7 Å². The Morgan fingerprint density at radius 1 is 1.75 bits per heavy atom. The molecule has 8 heteroatoms. The highest BCUT2D eigenvalue weighted by Gasteiger charge is 2.23. The van der Waals surface area contributed by atoms with Crippen LogP contribution in [0.25, 0.3) is 0 Å². The predicted octanol–water partition coefficient (Wildman–Crippen LogP) is 0.325. The van der Waals surface area contributed by atoms with E-state index in [0.717, 1.165) is 12.3 Å². The Morgan fingerprint density at radius 3 is 2.94 bits per heavy atom. The molecule has 0 bridgehead atoms. The van der Waals surface area contributed by atoms with Gasteiger partial charge in [-0.05, 0) is 6.07 Å². The first kappa shape index (κ1) is 11.4. The number of aromatic nitrogens is 1. The van der Waals surface area contributed by atoms with E-state index in [1.165, 1.54) is 0 Å². The summed E-state index contributed by atoms with van der Waals surface area (Å²) in [6.45, 7) is -0.761. The minimum Gasteiger partial charge on any atom is -0.479 e. The first-order valence-corrected chi connectivity index (χ1v) is 3.94. The van der Waals surface area contributed by atoms with Gasteiger partial charge in [-0.2, -0.15) is 5.26 Å². The molecular weight excluding hydrogens is 218 g/mol. The van der Waals surface area contributed by atoms with Crippen molar-refractivity contribution in [3.63, 3.8) is 0 Å². The molecule has 0 saturated heterocycles. The zero-order chi connectivity index (χ0) is 12.1. The van der Waals surface area contributed by atoms with Gasteiger partial charge in [-0.3, -0.25) is 10.1 Å². The Bertz CT molecular complexity index is 479. The maximum absolute atomic E-state index is 10.6. The third-order valence-electron chi connectivity index (χ3n) is 1.53. The smallest absolute Gasteiger partial charge is 0.348 e. The lowest BCUT2D eigenvalue weighted by atomic mass is 10.2. The number of carboxylic acids is 1. The number of pyridine rings is 1. The first-order chi connectivity index (χ1) is 7.56. The average Bonchev–Trinajstić information content (AvgIpc) is 2.25. The topological polar surface area (TPSA) is 126 Å². The zero-order valence-corrected chi connectivity index (χ0v) is 7.78. The van der Waals surface area contributed by atoms with E-state index in [4.69, 9.17) is 10.4 Å². The predicted molar refractivity (Wildman–Crippen MR) is 48.7 cm³/mol. The van der Waals surface area contributed by atoms with E-state index in [1.54, 1.807) is 6.07 Å². The third-order valence-corrected chi connectivity index (χ3v) is 1.53. The molecule has 0 aliphatic carbocycles. The van der Waals surface area contributed by atoms with Gasteiger partial charge < -0.3 is 9.84 Å². The van der Waals surface area contributed by atoms with Crippen LogP contribution in [-0.4, -0.2) is 27.6 Å². The number of carbonyl (C=O) groups is 1. The molecule has 0 spiro atoms. The van der Waals surface area contributed by atoms with Gasteiger partial charge in [-0.15, -0.1) is 0 Å². The van der Waals surface area contributed by atoms with Crippen LogP contribution in [0, 0.1) is 21.4 Å². The molecule has 8 nitrogen and oxygen atoms in total. The van der Waals surface area contributed by atoms with Gasteiger partial charge in [0.25, 0.3) is 5.88 Å². The van der Waals surface area contributed by atoms with E-state index in [9.17, 15) is 14.9 Å². The highest BCUT2D eigenvalue weighted by atomic mass is 16.6. The summed E-state index contributed by atoms with van der Waals surface area (Å²) in [5, 5.41) is 27.6. The van der Waals surface area contributed by atoms with Crippen LogP contribution in [0.2, 0.25) is 0 Å². The van der Waals surface area contributed by atoms with Crippen LogP contribution in [0.5, 0.6) is 5.88 Å². The standard InChI is InChI=1S/C8H5N3O5/c9-3-5-1-2-10-8(7(5)11(14)15)16-4-6(12)13/h1-2H,4H2,(H,12,13). The lowest BCUT2D eigenvalue weighted by Crippen LogP contribution is -2.11. The van der Waals surface area contributed by atoms with Crippen molar-refractivity contribution in [1.82, 2.24) is 4.98 Å². The van der Waals surface area contributed by atoms with Crippen LogP contribution < -0.4 is 4.74 Å². The summed E-state index contributed by atoms with van der Waals surface area (Å²) in [5.74, 6) is -1.77. The Kier molecular flexibility index (Phi) is 3.34. The lowest BCUT2D eigenvalue weighted by molar-refractivity contribution is -0.386. The molecule has 0 fully saturated rings. The maximum Gasteiger partial charge on any atom is 0.348 e. The Hall–Kier alpha value is -2.69. The summed E-state index contributed by atoms with van der Waals surface area (Å²) in [7, 11) is 0. The number of nitro groups is 1. The SMILES string of the molecule is N#Cc1ccnc(OCC(=O)O)c1[N+](=O)[O-]. The van der Waals surface area contributed by atoms with Gasteiger partial charge in [-0.25, -0.2) is 9.78 Å². The summed E-state index contributed by atoms with van der Waals surface area (Å²) < 4.78 is 4.60. The van der Waals surface area contributed by atoms with Crippen LogP contribution in [-0.2, 0) is 4.79 Å². The number of hydrogen-bond donors (Lipinski definition) is 1. The van der Waals surface area contributed by atoms with Crippen molar-refractivity contribution in [3.8, 4) is 11.9 Å². The summed E-state index contributed by atoms with van der Waals surface area (Å²) in [4.78, 5) is 23.5. The lowest BCUT2D eigenvalue weighted by Gasteiger charge is -2.02. The summed E-state index contributed by atoms with van der Waals surface area (Å²) in [6, 6.07) is 2.74. The molecule has 16 heavy (non-hydrogen) atoms. The van der Waals surface area contributed by atoms with Crippen LogP contribution in [0.15, 0.2) is 12.3 Å². The number of ether oxygens (including phenoxy) is 1. The second kappa shape index (κ2) is 4.70.